The van der Waals surface area contributed by atoms with E-state index in [0.717, 1.165) is 31.4 Å². The van der Waals surface area contributed by atoms with E-state index in [1.54, 1.807) is 0 Å². The number of aryl methyl sites for hydroxylation is 1. The van der Waals surface area contributed by atoms with Gasteiger partial charge in [0.2, 0.25) is 0 Å². The number of likely N-dealkylation sites (tertiary alicyclic amines) is 1. The van der Waals surface area contributed by atoms with Gasteiger partial charge in [-0.2, -0.15) is 0 Å². The minimum absolute atomic E-state index is 0.736. The Labute approximate surface area is 119 Å². The molecule has 0 aliphatic carbocycles. The highest BCUT2D eigenvalue weighted by molar-refractivity contribution is 4.82. The van der Waals surface area contributed by atoms with Crippen molar-refractivity contribution in [2.45, 2.75) is 32.9 Å². The Kier molecular flexibility index (Phi) is 4.11. The average Bonchev–Trinajstić information content (AvgIpc) is 3.09. The van der Waals surface area contributed by atoms with Gasteiger partial charge in [-0.05, 0) is 32.2 Å². The van der Waals surface area contributed by atoms with Crippen LogP contribution in [0.1, 0.15) is 18.7 Å². The second-order valence-corrected chi connectivity index (χ2v) is 5.64. The number of nitrogens with zero attached hydrogens (tertiary/aromatic N) is 6. The highest BCUT2D eigenvalue weighted by Crippen LogP contribution is 2.18. The van der Waals surface area contributed by atoms with E-state index in [4.69, 9.17) is 0 Å². The molecule has 0 N–H and O–H groups in total. The summed E-state index contributed by atoms with van der Waals surface area (Å²) in [4.78, 5) is 6.68. The molecular formula is C14H22N6. The van der Waals surface area contributed by atoms with Crippen molar-refractivity contribution in [3.05, 3.63) is 30.9 Å². The van der Waals surface area contributed by atoms with Crippen molar-refractivity contribution in [3.8, 4) is 0 Å². The third-order valence-electron chi connectivity index (χ3n) is 4.10. The van der Waals surface area contributed by atoms with Gasteiger partial charge in [0.15, 0.2) is 0 Å². The van der Waals surface area contributed by atoms with Crippen LogP contribution in [0.3, 0.4) is 0 Å². The Morgan fingerprint density at radius 2 is 2.25 bits per heavy atom. The van der Waals surface area contributed by atoms with E-state index in [0.29, 0.717) is 0 Å². The summed E-state index contributed by atoms with van der Waals surface area (Å²) in [6, 6.07) is 0. The fourth-order valence-corrected chi connectivity index (χ4v) is 2.98. The van der Waals surface area contributed by atoms with Gasteiger partial charge in [0, 0.05) is 38.6 Å². The summed E-state index contributed by atoms with van der Waals surface area (Å²) in [6.07, 6.45) is 10.3. The van der Waals surface area contributed by atoms with Crippen molar-refractivity contribution in [2.75, 3.05) is 19.6 Å². The first kappa shape index (κ1) is 13.3. The van der Waals surface area contributed by atoms with Crippen molar-refractivity contribution in [3.63, 3.8) is 0 Å². The third kappa shape index (κ3) is 3.25. The fourth-order valence-electron chi connectivity index (χ4n) is 2.98. The van der Waals surface area contributed by atoms with Crippen LogP contribution in [0.4, 0.5) is 0 Å². The summed E-state index contributed by atoms with van der Waals surface area (Å²) in [6.45, 7) is 7.55. The zero-order valence-corrected chi connectivity index (χ0v) is 12.0. The normalized spacial score (nSPS) is 20.4. The van der Waals surface area contributed by atoms with Crippen molar-refractivity contribution in [1.29, 1.82) is 0 Å². The second-order valence-electron chi connectivity index (χ2n) is 5.64. The Hall–Kier alpha value is -1.69. The lowest BCUT2D eigenvalue weighted by atomic mass is 9.98. The zero-order valence-electron chi connectivity index (χ0n) is 12.0. The predicted octanol–water partition coefficient (Wildman–Crippen LogP) is 1.20. The molecule has 6 heteroatoms. The number of hydrogen-bond donors (Lipinski definition) is 0. The quantitative estimate of drug-likeness (QED) is 0.822. The molecule has 3 heterocycles. The highest BCUT2D eigenvalue weighted by Gasteiger charge is 2.20. The molecule has 0 aromatic carbocycles. The molecule has 1 atom stereocenters. The maximum Gasteiger partial charge on any atom is 0.129 e. The van der Waals surface area contributed by atoms with Crippen LogP contribution in [-0.2, 0) is 13.1 Å². The first-order chi connectivity index (χ1) is 9.81. The van der Waals surface area contributed by atoms with Gasteiger partial charge in [0.05, 0.1) is 6.33 Å². The average molecular weight is 274 g/mol. The molecule has 1 aliphatic heterocycles. The van der Waals surface area contributed by atoms with E-state index in [1.165, 1.54) is 25.9 Å². The maximum absolute atomic E-state index is 4.12. The van der Waals surface area contributed by atoms with Gasteiger partial charge in [0.25, 0.3) is 0 Å². The standard InChI is InChI=1S/C14H22N6/c1-13-17-16-12-20(13)8-7-18-5-2-3-14(9-18)10-19-6-4-15-11-19/h4,6,11-12,14H,2-3,5,7-10H2,1H3. The molecule has 1 fully saturated rings. The second kappa shape index (κ2) is 6.17. The van der Waals surface area contributed by atoms with E-state index >= 15 is 0 Å². The maximum atomic E-state index is 4.12. The zero-order chi connectivity index (χ0) is 13.8. The summed E-state index contributed by atoms with van der Waals surface area (Å²) in [5.41, 5.74) is 0. The van der Waals surface area contributed by atoms with Gasteiger partial charge in [-0.15, -0.1) is 10.2 Å². The minimum atomic E-state index is 0.736. The van der Waals surface area contributed by atoms with Crippen LogP contribution in [0.5, 0.6) is 0 Å². The Morgan fingerprint density at radius 1 is 1.30 bits per heavy atom. The summed E-state index contributed by atoms with van der Waals surface area (Å²) in [7, 11) is 0. The van der Waals surface area contributed by atoms with E-state index in [2.05, 4.69) is 35.4 Å². The monoisotopic (exact) mass is 274 g/mol. The van der Waals surface area contributed by atoms with E-state index < -0.39 is 0 Å². The number of hydrogen-bond acceptors (Lipinski definition) is 4. The van der Waals surface area contributed by atoms with Crippen molar-refractivity contribution >= 4 is 0 Å². The van der Waals surface area contributed by atoms with Crippen LogP contribution in [0.25, 0.3) is 0 Å². The Morgan fingerprint density at radius 3 is 3.00 bits per heavy atom. The van der Waals surface area contributed by atoms with Crippen molar-refractivity contribution in [1.82, 2.24) is 29.2 Å². The van der Waals surface area contributed by atoms with Crippen LogP contribution in [0.2, 0.25) is 0 Å². The van der Waals surface area contributed by atoms with Crippen LogP contribution in [0.15, 0.2) is 25.0 Å². The topological polar surface area (TPSA) is 51.8 Å². The molecule has 3 rings (SSSR count). The first-order valence-electron chi connectivity index (χ1n) is 7.34. The van der Waals surface area contributed by atoms with Crippen molar-refractivity contribution < 1.29 is 0 Å². The van der Waals surface area contributed by atoms with E-state index in [-0.39, 0.29) is 0 Å². The first-order valence-corrected chi connectivity index (χ1v) is 7.34. The fraction of sp³-hybridized carbons (Fsp3) is 0.643. The Bertz CT molecular complexity index is 518. The molecule has 1 saturated heterocycles. The number of imidazole rings is 1. The lowest BCUT2D eigenvalue weighted by molar-refractivity contribution is 0.157. The summed E-state index contributed by atoms with van der Waals surface area (Å²) in [5.74, 6) is 1.73. The van der Waals surface area contributed by atoms with E-state index in [1.807, 2.05) is 25.8 Å². The molecule has 0 spiro atoms. The van der Waals surface area contributed by atoms with Gasteiger partial charge in [-0.25, -0.2) is 4.98 Å². The Balaban J connectivity index is 1.49. The molecule has 0 bridgehead atoms. The molecule has 6 nitrogen and oxygen atoms in total. The molecule has 2 aromatic rings. The van der Waals surface area contributed by atoms with Crippen LogP contribution < -0.4 is 0 Å². The van der Waals surface area contributed by atoms with Gasteiger partial charge < -0.3 is 14.0 Å². The molecule has 1 aliphatic rings. The van der Waals surface area contributed by atoms with Crippen LogP contribution in [-0.4, -0.2) is 48.8 Å². The minimum Gasteiger partial charge on any atom is -0.337 e. The summed E-state index contributed by atoms with van der Waals surface area (Å²) >= 11 is 0. The largest absolute Gasteiger partial charge is 0.337 e. The van der Waals surface area contributed by atoms with Gasteiger partial charge in [0.1, 0.15) is 12.2 Å². The molecule has 1 unspecified atom stereocenters. The summed E-state index contributed by atoms with van der Waals surface area (Å²) < 4.78 is 4.32. The van der Waals surface area contributed by atoms with Gasteiger partial charge in [-0.1, -0.05) is 0 Å². The van der Waals surface area contributed by atoms with E-state index in [9.17, 15) is 0 Å². The predicted molar refractivity (Wildman–Crippen MR) is 76.2 cm³/mol. The molecule has 2 aromatic heterocycles. The van der Waals surface area contributed by atoms with Gasteiger partial charge in [-0.3, -0.25) is 0 Å². The molecule has 0 amide bonds. The smallest absolute Gasteiger partial charge is 0.129 e. The third-order valence-corrected chi connectivity index (χ3v) is 4.10. The lowest BCUT2D eigenvalue weighted by Crippen LogP contribution is -2.38. The van der Waals surface area contributed by atoms with Gasteiger partial charge >= 0.3 is 0 Å². The highest BCUT2D eigenvalue weighted by atomic mass is 15.3. The molecule has 108 valence electrons. The number of rotatable bonds is 5. The van der Waals surface area contributed by atoms with Crippen LogP contribution in [0, 0.1) is 12.8 Å². The summed E-state index contributed by atoms with van der Waals surface area (Å²) in [5, 5.41) is 7.96. The SMILES string of the molecule is Cc1nncn1CCN1CCCC(Cn2ccnc2)C1. The lowest BCUT2D eigenvalue weighted by Gasteiger charge is -2.32. The number of aromatic nitrogens is 5. The number of piperidine rings is 1. The molecule has 0 radical (unpaired) electrons. The molecule has 0 saturated carbocycles. The molecule has 20 heavy (non-hydrogen) atoms. The molecular weight excluding hydrogens is 252 g/mol. The van der Waals surface area contributed by atoms with Crippen molar-refractivity contribution in [2.24, 2.45) is 5.92 Å². The van der Waals surface area contributed by atoms with Crippen LogP contribution >= 0.6 is 0 Å².